The molecule has 7 heteroatoms. The highest BCUT2D eigenvalue weighted by molar-refractivity contribution is 5.66. The Morgan fingerprint density at radius 3 is 2.57 bits per heavy atom. The first-order valence-corrected chi connectivity index (χ1v) is 6.49. The first-order valence-electron chi connectivity index (χ1n) is 6.49. The van der Waals surface area contributed by atoms with Crippen LogP contribution in [0, 0.1) is 5.82 Å². The van der Waals surface area contributed by atoms with E-state index in [1.165, 1.54) is 19.5 Å². The summed E-state index contributed by atoms with van der Waals surface area (Å²) in [5.41, 5.74) is 3.59. The summed E-state index contributed by atoms with van der Waals surface area (Å²) in [4.78, 5) is 8.25. The fourth-order valence-electron chi connectivity index (χ4n) is 2.01. The minimum atomic E-state index is -0.397. The Hall–Kier alpha value is -2.41. The molecule has 1 heterocycles. The molecule has 2 aromatic rings. The van der Waals surface area contributed by atoms with Crippen molar-refractivity contribution in [2.24, 2.45) is 5.84 Å². The number of nitrogen functional groups attached to an aromatic ring is 1. The zero-order valence-corrected chi connectivity index (χ0v) is 12.1. The number of ether oxygens (including phenoxy) is 1. The summed E-state index contributed by atoms with van der Waals surface area (Å²) in [6.45, 7) is 3.96. The fourth-order valence-corrected chi connectivity index (χ4v) is 2.01. The van der Waals surface area contributed by atoms with Crippen molar-refractivity contribution in [2.45, 2.75) is 19.8 Å². The predicted molar refractivity (Wildman–Crippen MR) is 80.2 cm³/mol. The molecular formula is C14H18FN5O. The van der Waals surface area contributed by atoms with Crippen LogP contribution in [0.25, 0.3) is 0 Å². The molecule has 0 radical (unpaired) electrons. The average Bonchev–Trinajstić information content (AvgIpc) is 2.48. The van der Waals surface area contributed by atoms with Crippen LogP contribution in [0.1, 0.15) is 25.3 Å². The number of nitrogens with two attached hydrogens (primary N) is 1. The monoisotopic (exact) mass is 291 g/mol. The van der Waals surface area contributed by atoms with Gasteiger partial charge in [-0.15, -0.1) is 0 Å². The molecule has 0 fully saturated rings. The molecular weight excluding hydrogens is 273 g/mol. The number of halogens is 1. The predicted octanol–water partition coefficient (Wildman–Crippen LogP) is 2.78. The van der Waals surface area contributed by atoms with Crippen molar-refractivity contribution < 1.29 is 9.13 Å². The molecule has 0 bridgehead atoms. The van der Waals surface area contributed by atoms with Crippen LogP contribution >= 0.6 is 0 Å². The molecule has 112 valence electrons. The van der Waals surface area contributed by atoms with Crippen molar-refractivity contribution in [1.82, 2.24) is 9.97 Å². The number of hydrazine groups is 1. The van der Waals surface area contributed by atoms with E-state index in [-0.39, 0.29) is 11.6 Å². The number of nitrogens with one attached hydrogen (secondary N) is 2. The molecule has 1 aromatic carbocycles. The average molecular weight is 291 g/mol. The summed E-state index contributed by atoms with van der Waals surface area (Å²) in [6.07, 6.45) is 1.36. The number of rotatable bonds is 5. The number of anilines is 3. The van der Waals surface area contributed by atoms with Gasteiger partial charge in [0.05, 0.1) is 12.8 Å². The summed E-state index contributed by atoms with van der Waals surface area (Å²) in [7, 11) is 1.53. The number of benzene rings is 1. The fraction of sp³-hybridized carbons (Fsp3) is 0.286. The van der Waals surface area contributed by atoms with Gasteiger partial charge in [0.2, 0.25) is 0 Å². The van der Waals surface area contributed by atoms with Gasteiger partial charge in [0, 0.05) is 11.6 Å². The normalized spacial score (nSPS) is 10.6. The lowest BCUT2D eigenvalue weighted by Gasteiger charge is -2.17. The summed E-state index contributed by atoms with van der Waals surface area (Å²) >= 11 is 0. The second-order valence-corrected chi connectivity index (χ2v) is 4.75. The molecule has 4 N–H and O–H groups in total. The lowest BCUT2D eigenvalue weighted by molar-refractivity contribution is 0.414. The highest BCUT2D eigenvalue weighted by atomic mass is 19.1. The van der Waals surface area contributed by atoms with Gasteiger partial charge in [-0.05, 0) is 18.1 Å². The Morgan fingerprint density at radius 1 is 1.24 bits per heavy atom. The van der Waals surface area contributed by atoms with Crippen LogP contribution in [0.4, 0.5) is 21.7 Å². The van der Waals surface area contributed by atoms with Gasteiger partial charge < -0.3 is 15.5 Å². The van der Waals surface area contributed by atoms with Crippen LogP contribution in [0.2, 0.25) is 0 Å². The molecule has 0 saturated heterocycles. The van der Waals surface area contributed by atoms with Gasteiger partial charge in [-0.1, -0.05) is 13.8 Å². The first-order chi connectivity index (χ1) is 10.1. The van der Waals surface area contributed by atoms with E-state index in [1.54, 1.807) is 12.1 Å². The van der Waals surface area contributed by atoms with E-state index < -0.39 is 5.82 Å². The smallest absolute Gasteiger partial charge is 0.148 e. The summed E-state index contributed by atoms with van der Waals surface area (Å²) in [5.74, 6) is 6.73. The number of nitrogens with zero attached hydrogens (tertiary/aromatic N) is 2. The van der Waals surface area contributed by atoms with Gasteiger partial charge in [0.1, 0.15) is 29.5 Å². The molecule has 0 aliphatic carbocycles. The topological polar surface area (TPSA) is 85.1 Å². The van der Waals surface area contributed by atoms with Crippen molar-refractivity contribution in [1.29, 1.82) is 0 Å². The van der Waals surface area contributed by atoms with E-state index in [1.807, 2.05) is 13.8 Å². The summed E-state index contributed by atoms with van der Waals surface area (Å²) in [6, 6.07) is 4.45. The van der Waals surface area contributed by atoms with Crippen LogP contribution in [0.15, 0.2) is 24.5 Å². The summed E-state index contributed by atoms with van der Waals surface area (Å²) < 4.78 is 19.0. The maximum Gasteiger partial charge on any atom is 0.148 e. The number of hydrogen-bond donors (Lipinski definition) is 3. The maximum atomic E-state index is 13.9. The van der Waals surface area contributed by atoms with Crippen molar-refractivity contribution in [3.8, 4) is 5.75 Å². The van der Waals surface area contributed by atoms with Crippen LogP contribution in [-0.2, 0) is 0 Å². The van der Waals surface area contributed by atoms with Gasteiger partial charge in [-0.25, -0.2) is 20.2 Å². The Bertz CT molecular complexity index is 633. The number of aromatic nitrogens is 2. The SMILES string of the molecule is COc1ccc(F)c(Nc2ncnc(NN)c2C(C)C)c1. The minimum absolute atomic E-state index is 0.105. The zero-order chi connectivity index (χ0) is 15.4. The maximum absolute atomic E-state index is 13.9. The Kier molecular flexibility index (Phi) is 4.54. The number of hydrogen-bond acceptors (Lipinski definition) is 6. The third-order valence-electron chi connectivity index (χ3n) is 3.02. The molecule has 0 spiro atoms. The molecule has 2 rings (SSSR count). The molecule has 0 aliphatic heterocycles. The molecule has 0 aliphatic rings. The third kappa shape index (κ3) is 3.19. The van der Waals surface area contributed by atoms with E-state index in [9.17, 15) is 4.39 Å². The third-order valence-corrected chi connectivity index (χ3v) is 3.02. The molecule has 0 amide bonds. The van der Waals surface area contributed by atoms with E-state index in [2.05, 4.69) is 20.7 Å². The first kappa shape index (κ1) is 15.0. The van der Waals surface area contributed by atoms with E-state index in [0.29, 0.717) is 17.4 Å². The van der Waals surface area contributed by atoms with E-state index in [0.717, 1.165) is 5.56 Å². The van der Waals surface area contributed by atoms with Crippen LogP contribution in [0.5, 0.6) is 5.75 Å². The van der Waals surface area contributed by atoms with Gasteiger partial charge >= 0.3 is 0 Å². The highest BCUT2D eigenvalue weighted by Crippen LogP contribution is 2.31. The van der Waals surface area contributed by atoms with Crippen LogP contribution in [0.3, 0.4) is 0 Å². The Labute approximate surface area is 122 Å². The molecule has 1 aromatic heterocycles. The lowest BCUT2D eigenvalue weighted by atomic mass is 10.0. The van der Waals surface area contributed by atoms with Gasteiger partial charge in [-0.3, -0.25) is 0 Å². The summed E-state index contributed by atoms with van der Waals surface area (Å²) in [5, 5.41) is 2.97. The van der Waals surface area contributed by atoms with Crippen molar-refractivity contribution in [3.05, 3.63) is 35.9 Å². The lowest BCUT2D eigenvalue weighted by Crippen LogP contribution is -2.14. The molecule has 21 heavy (non-hydrogen) atoms. The standard InChI is InChI=1S/C14H18FN5O/c1-8(2)12-13(17-7-18-14(12)20-16)19-11-6-9(21-3)4-5-10(11)15/h4-8H,16H2,1-3H3,(H2,17,18,19,20). The number of methoxy groups -OCH3 is 1. The Morgan fingerprint density at radius 2 is 1.95 bits per heavy atom. The molecule has 6 nitrogen and oxygen atoms in total. The van der Waals surface area contributed by atoms with Crippen LogP contribution in [-0.4, -0.2) is 17.1 Å². The molecule has 0 saturated carbocycles. The van der Waals surface area contributed by atoms with Gasteiger partial charge in [0.25, 0.3) is 0 Å². The van der Waals surface area contributed by atoms with Gasteiger partial charge in [-0.2, -0.15) is 0 Å². The highest BCUT2D eigenvalue weighted by Gasteiger charge is 2.16. The van der Waals surface area contributed by atoms with Crippen molar-refractivity contribution in [3.63, 3.8) is 0 Å². The quantitative estimate of drug-likeness (QED) is 0.580. The van der Waals surface area contributed by atoms with Crippen molar-refractivity contribution >= 4 is 17.3 Å². The Balaban J connectivity index is 2.44. The molecule has 0 atom stereocenters. The molecule has 0 unspecified atom stereocenters. The van der Waals surface area contributed by atoms with Gasteiger partial charge in [0.15, 0.2) is 0 Å². The second kappa shape index (κ2) is 6.36. The second-order valence-electron chi connectivity index (χ2n) is 4.75. The van der Waals surface area contributed by atoms with E-state index >= 15 is 0 Å². The van der Waals surface area contributed by atoms with Crippen molar-refractivity contribution in [2.75, 3.05) is 17.9 Å². The zero-order valence-electron chi connectivity index (χ0n) is 12.1. The minimum Gasteiger partial charge on any atom is -0.497 e. The largest absolute Gasteiger partial charge is 0.497 e. The van der Waals surface area contributed by atoms with E-state index in [4.69, 9.17) is 10.6 Å². The van der Waals surface area contributed by atoms with Crippen LogP contribution < -0.4 is 21.3 Å².